The molecule has 0 radical (unpaired) electrons. The summed E-state index contributed by atoms with van der Waals surface area (Å²) in [6.07, 6.45) is 3.45. The Morgan fingerprint density at radius 2 is 1.75 bits per heavy atom. The summed E-state index contributed by atoms with van der Waals surface area (Å²) in [5, 5.41) is 9.92. The zero-order chi connectivity index (χ0) is 32.0. The minimum atomic E-state index is -0.974. The van der Waals surface area contributed by atoms with Gasteiger partial charge in [-0.05, 0) is 92.3 Å². The number of nitrogens with zero attached hydrogens (tertiary/aromatic N) is 3. The molecule has 0 unspecified atom stereocenters. The molecule has 0 aromatic heterocycles. The van der Waals surface area contributed by atoms with Gasteiger partial charge in [-0.1, -0.05) is 39.0 Å². The van der Waals surface area contributed by atoms with Crippen molar-refractivity contribution in [3.05, 3.63) is 71.0 Å². The number of hydrogen-bond donors (Lipinski definition) is 1. The minimum Gasteiger partial charge on any atom is -0.480 e. The van der Waals surface area contributed by atoms with Gasteiger partial charge in [-0.3, -0.25) is 9.69 Å². The highest BCUT2D eigenvalue weighted by molar-refractivity contribution is 5.73. The number of carboxylic acid groups (broad SMARTS) is 1. The third kappa shape index (κ3) is 8.33. The molecule has 0 bridgehead atoms. The maximum atomic E-state index is 14.3. The quantitative estimate of drug-likeness (QED) is 0.293. The van der Waals surface area contributed by atoms with Gasteiger partial charge in [-0.2, -0.15) is 0 Å². The van der Waals surface area contributed by atoms with E-state index in [0.717, 1.165) is 69.4 Å². The van der Waals surface area contributed by atoms with Crippen molar-refractivity contribution < 1.29 is 32.6 Å². The molecular formula is C34H46F3N3O4. The van der Waals surface area contributed by atoms with Gasteiger partial charge in [-0.25, -0.2) is 18.0 Å². The lowest BCUT2D eigenvalue weighted by molar-refractivity contribution is -0.145. The van der Waals surface area contributed by atoms with Crippen LogP contribution in [0.4, 0.5) is 18.0 Å². The number of aliphatic carboxylic acids is 1. The minimum absolute atomic E-state index is 0.00694. The van der Waals surface area contributed by atoms with Crippen LogP contribution in [-0.4, -0.2) is 83.2 Å². The van der Waals surface area contributed by atoms with Crippen LogP contribution in [0, 0.1) is 29.3 Å². The Labute approximate surface area is 259 Å². The van der Waals surface area contributed by atoms with E-state index >= 15 is 0 Å². The molecule has 1 saturated heterocycles. The first kappa shape index (κ1) is 33.8. The summed E-state index contributed by atoms with van der Waals surface area (Å²) in [4.78, 5) is 31.3. The first-order chi connectivity index (χ1) is 21.0. The number of likely N-dealkylation sites (N-methyl/N-ethyl adjacent to an activating group) is 1. The smallest absolute Gasteiger partial charge is 0.410 e. The van der Waals surface area contributed by atoms with Crippen molar-refractivity contribution in [1.29, 1.82) is 0 Å². The molecule has 7 nitrogen and oxygen atoms in total. The summed E-state index contributed by atoms with van der Waals surface area (Å²) in [5.41, 5.74) is 1.34. The largest absolute Gasteiger partial charge is 0.480 e. The van der Waals surface area contributed by atoms with E-state index in [-0.39, 0.29) is 42.3 Å². The van der Waals surface area contributed by atoms with Gasteiger partial charge in [0.15, 0.2) is 11.6 Å². The Morgan fingerprint density at radius 3 is 2.36 bits per heavy atom. The van der Waals surface area contributed by atoms with Crippen molar-refractivity contribution >= 4 is 12.1 Å². The second-order valence-corrected chi connectivity index (χ2v) is 12.8. The van der Waals surface area contributed by atoms with E-state index < -0.39 is 29.7 Å². The van der Waals surface area contributed by atoms with Crippen LogP contribution in [0.3, 0.4) is 0 Å². The Bertz CT molecular complexity index is 1270. The summed E-state index contributed by atoms with van der Waals surface area (Å²) in [6, 6.07) is 9.73. The molecular weight excluding hydrogens is 571 g/mol. The van der Waals surface area contributed by atoms with Crippen LogP contribution in [0.15, 0.2) is 42.5 Å². The third-order valence-corrected chi connectivity index (χ3v) is 9.38. The molecule has 4 atom stereocenters. The molecule has 1 saturated carbocycles. The lowest BCUT2D eigenvalue weighted by Crippen LogP contribution is -2.49. The standard InChI is InChI=1S/C34H46F3N3O4/c1-5-13-40(34(43)44-21-23-9-10-30(36)31(37)16-23)27-11-14-39(15-12-27)20-25-18-28(38(4)32(22(2)3)33(41)42)19-29(25)24-7-6-8-26(35)17-24/h6-10,16-17,22,25,27-29,32H,5,11-15,18-21H2,1-4H3,(H,41,42)/t25-,28+,29+,32-/m1/s1. The van der Waals surface area contributed by atoms with Gasteiger partial charge in [0.1, 0.15) is 18.5 Å². The molecule has 2 aromatic rings. The van der Waals surface area contributed by atoms with Crippen LogP contribution in [0.2, 0.25) is 0 Å². The van der Waals surface area contributed by atoms with Gasteiger partial charge in [0.2, 0.25) is 0 Å². The zero-order valence-electron chi connectivity index (χ0n) is 26.2. The Hall–Kier alpha value is -3.11. The van der Waals surface area contributed by atoms with Crippen LogP contribution >= 0.6 is 0 Å². The van der Waals surface area contributed by atoms with E-state index in [9.17, 15) is 27.9 Å². The van der Waals surface area contributed by atoms with Gasteiger partial charge in [0.05, 0.1) is 0 Å². The predicted molar refractivity (Wildman–Crippen MR) is 163 cm³/mol. The SMILES string of the molecule is CCCN(C(=O)OCc1ccc(F)c(F)c1)C1CCN(C[C@H]2C[C@H](N(C)[C@@H](C(=O)O)C(C)C)C[C@H]2c2cccc(F)c2)CC1. The van der Waals surface area contributed by atoms with E-state index in [1.807, 2.05) is 38.8 Å². The normalized spacial score (nSPS) is 22.0. The van der Waals surface area contributed by atoms with E-state index in [1.165, 1.54) is 12.1 Å². The van der Waals surface area contributed by atoms with Crippen molar-refractivity contribution in [1.82, 2.24) is 14.7 Å². The van der Waals surface area contributed by atoms with Crippen LogP contribution < -0.4 is 0 Å². The van der Waals surface area contributed by atoms with E-state index in [4.69, 9.17) is 4.74 Å². The van der Waals surface area contributed by atoms with Crippen molar-refractivity contribution in [3.63, 3.8) is 0 Å². The monoisotopic (exact) mass is 617 g/mol. The topological polar surface area (TPSA) is 73.3 Å². The number of halogens is 3. The Kier molecular flexibility index (Phi) is 11.7. The van der Waals surface area contributed by atoms with Crippen molar-refractivity contribution in [2.45, 2.75) is 83.5 Å². The van der Waals surface area contributed by atoms with Crippen LogP contribution in [0.5, 0.6) is 0 Å². The third-order valence-electron chi connectivity index (χ3n) is 9.38. The number of hydrogen-bond acceptors (Lipinski definition) is 5. The number of carbonyl (C=O) groups excluding carboxylic acids is 1. The summed E-state index contributed by atoms with van der Waals surface area (Å²) >= 11 is 0. The lowest BCUT2D eigenvalue weighted by atomic mass is 9.88. The fourth-order valence-electron chi connectivity index (χ4n) is 7.20. The van der Waals surface area contributed by atoms with Crippen LogP contribution in [-0.2, 0) is 16.1 Å². The highest BCUT2D eigenvalue weighted by Crippen LogP contribution is 2.43. The molecule has 1 aliphatic heterocycles. The number of benzene rings is 2. The summed E-state index contributed by atoms with van der Waals surface area (Å²) < 4.78 is 46.6. The summed E-state index contributed by atoms with van der Waals surface area (Å²) in [6.45, 7) is 8.65. The first-order valence-corrected chi connectivity index (χ1v) is 15.8. The predicted octanol–water partition coefficient (Wildman–Crippen LogP) is 6.52. The second-order valence-electron chi connectivity index (χ2n) is 12.8. The number of piperidine rings is 1. The molecule has 1 heterocycles. The molecule has 4 rings (SSSR count). The van der Waals surface area contributed by atoms with Crippen LogP contribution in [0.1, 0.15) is 69.9 Å². The van der Waals surface area contributed by atoms with E-state index in [0.29, 0.717) is 12.1 Å². The molecule has 242 valence electrons. The number of carboxylic acids is 1. The maximum absolute atomic E-state index is 14.3. The van der Waals surface area contributed by atoms with Gasteiger partial charge in [0, 0.05) is 38.3 Å². The van der Waals surface area contributed by atoms with Crippen molar-refractivity contribution in [3.8, 4) is 0 Å². The van der Waals surface area contributed by atoms with Gasteiger partial charge >= 0.3 is 12.1 Å². The van der Waals surface area contributed by atoms with Crippen molar-refractivity contribution in [2.75, 3.05) is 33.2 Å². The summed E-state index contributed by atoms with van der Waals surface area (Å²) in [7, 11) is 1.90. The zero-order valence-corrected chi connectivity index (χ0v) is 26.2. The van der Waals surface area contributed by atoms with Crippen molar-refractivity contribution in [2.24, 2.45) is 11.8 Å². The maximum Gasteiger partial charge on any atom is 0.410 e. The van der Waals surface area contributed by atoms with Gasteiger partial charge in [-0.15, -0.1) is 0 Å². The molecule has 1 N–H and O–H groups in total. The summed E-state index contributed by atoms with van der Waals surface area (Å²) in [5.74, 6) is -2.71. The first-order valence-electron chi connectivity index (χ1n) is 15.8. The Balaban J connectivity index is 1.39. The molecule has 2 fully saturated rings. The fourth-order valence-corrected chi connectivity index (χ4v) is 7.20. The number of carbonyl (C=O) groups is 2. The molecule has 1 aliphatic carbocycles. The fraction of sp³-hybridized carbons (Fsp3) is 0.588. The highest BCUT2D eigenvalue weighted by atomic mass is 19.2. The highest BCUT2D eigenvalue weighted by Gasteiger charge is 2.42. The molecule has 10 heteroatoms. The Morgan fingerprint density at radius 1 is 1.02 bits per heavy atom. The average Bonchev–Trinajstić information content (AvgIpc) is 3.40. The molecule has 0 spiro atoms. The molecule has 44 heavy (non-hydrogen) atoms. The average molecular weight is 618 g/mol. The molecule has 1 amide bonds. The number of ether oxygens (including phenoxy) is 1. The van der Waals surface area contributed by atoms with E-state index in [1.54, 1.807) is 17.0 Å². The lowest BCUT2D eigenvalue weighted by Gasteiger charge is -2.39. The second kappa shape index (κ2) is 15.3. The molecule has 2 aromatic carbocycles. The van der Waals surface area contributed by atoms with Gasteiger partial charge < -0.3 is 19.6 Å². The number of amides is 1. The molecule has 2 aliphatic rings. The van der Waals surface area contributed by atoms with E-state index in [2.05, 4.69) is 4.90 Å². The number of likely N-dealkylation sites (tertiary alicyclic amines) is 1. The van der Waals surface area contributed by atoms with Gasteiger partial charge in [0.25, 0.3) is 0 Å². The van der Waals surface area contributed by atoms with Crippen LogP contribution in [0.25, 0.3) is 0 Å². The number of rotatable bonds is 12.